The summed E-state index contributed by atoms with van der Waals surface area (Å²) < 4.78 is 0.767. The SMILES string of the molecule is CC(=O)Nc1ccc(NC(=O)CSc2nc(CC(=O)N(CC(C)C)CC(C)C)cs2)cc1. The lowest BCUT2D eigenvalue weighted by molar-refractivity contribution is -0.131. The Kier molecular flexibility index (Phi) is 10.2. The van der Waals surface area contributed by atoms with E-state index in [1.54, 1.807) is 24.3 Å². The van der Waals surface area contributed by atoms with E-state index in [9.17, 15) is 14.4 Å². The Labute approximate surface area is 198 Å². The largest absolute Gasteiger partial charge is 0.342 e. The topological polar surface area (TPSA) is 91.4 Å². The molecule has 0 aliphatic rings. The second-order valence-electron chi connectivity index (χ2n) is 8.46. The predicted octanol–water partition coefficient (Wildman–Crippen LogP) is 4.52. The second-order valence-corrected chi connectivity index (χ2v) is 10.5. The van der Waals surface area contributed by atoms with Crippen molar-refractivity contribution in [1.82, 2.24) is 9.88 Å². The van der Waals surface area contributed by atoms with Gasteiger partial charge in [0.1, 0.15) is 0 Å². The Morgan fingerprint density at radius 3 is 2.09 bits per heavy atom. The molecule has 2 N–H and O–H groups in total. The van der Waals surface area contributed by atoms with Gasteiger partial charge in [0.2, 0.25) is 17.7 Å². The average molecular weight is 477 g/mol. The van der Waals surface area contributed by atoms with Crippen LogP contribution in [0.5, 0.6) is 0 Å². The second kappa shape index (κ2) is 12.6. The standard InChI is InChI=1S/C23H32N4O3S2/c1-15(2)11-27(12-16(3)4)22(30)10-20-13-31-23(26-20)32-14-21(29)25-19-8-6-18(7-9-19)24-17(5)28/h6-9,13,15-16H,10-12,14H2,1-5H3,(H,24,28)(H,25,29). The molecule has 0 unspecified atom stereocenters. The average Bonchev–Trinajstić information content (AvgIpc) is 3.13. The van der Waals surface area contributed by atoms with Gasteiger partial charge in [-0.1, -0.05) is 39.5 Å². The summed E-state index contributed by atoms with van der Waals surface area (Å²) in [7, 11) is 0. The summed E-state index contributed by atoms with van der Waals surface area (Å²) in [5.74, 6) is 0.861. The number of amides is 3. The van der Waals surface area contributed by atoms with Gasteiger partial charge < -0.3 is 15.5 Å². The summed E-state index contributed by atoms with van der Waals surface area (Å²) in [6.45, 7) is 11.4. The van der Waals surface area contributed by atoms with Crippen LogP contribution in [0, 0.1) is 11.8 Å². The third kappa shape index (κ3) is 9.40. The lowest BCUT2D eigenvalue weighted by atomic mass is 10.1. The fraction of sp³-hybridized carbons (Fsp3) is 0.478. The van der Waals surface area contributed by atoms with Crippen molar-refractivity contribution in [2.75, 3.05) is 29.5 Å². The molecule has 0 aliphatic carbocycles. The normalized spacial score (nSPS) is 11.0. The molecule has 0 spiro atoms. The van der Waals surface area contributed by atoms with Crippen molar-refractivity contribution in [3.8, 4) is 0 Å². The molecule has 2 rings (SSSR count). The van der Waals surface area contributed by atoms with Crippen LogP contribution in [0.15, 0.2) is 34.0 Å². The Morgan fingerprint density at radius 2 is 1.56 bits per heavy atom. The Bertz CT molecular complexity index is 900. The van der Waals surface area contributed by atoms with Crippen molar-refractivity contribution >= 4 is 52.2 Å². The molecule has 3 amide bonds. The van der Waals surface area contributed by atoms with Crippen LogP contribution in [0.1, 0.15) is 40.3 Å². The van der Waals surface area contributed by atoms with E-state index in [0.29, 0.717) is 23.2 Å². The number of thiazole rings is 1. The first-order chi connectivity index (χ1) is 15.1. The Hall–Kier alpha value is -2.39. The number of hydrogen-bond acceptors (Lipinski definition) is 6. The molecule has 1 aromatic heterocycles. The van der Waals surface area contributed by atoms with Crippen molar-refractivity contribution in [1.29, 1.82) is 0 Å². The smallest absolute Gasteiger partial charge is 0.234 e. The van der Waals surface area contributed by atoms with Gasteiger partial charge in [-0.25, -0.2) is 4.98 Å². The lowest BCUT2D eigenvalue weighted by Crippen LogP contribution is -2.38. The van der Waals surface area contributed by atoms with Crippen LogP contribution >= 0.6 is 23.1 Å². The number of carbonyl (C=O) groups excluding carboxylic acids is 3. The molecule has 0 aliphatic heterocycles. The van der Waals surface area contributed by atoms with Gasteiger partial charge in [-0.2, -0.15) is 0 Å². The van der Waals surface area contributed by atoms with E-state index < -0.39 is 0 Å². The summed E-state index contributed by atoms with van der Waals surface area (Å²) in [4.78, 5) is 42.5. The third-order valence-corrected chi connectivity index (χ3v) is 6.27. The molecule has 32 heavy (non-hydrogen) atoms. The zero-order valence-electron chi connectivity index (χ0n) is 19.3. The van der Waals surface area contributed by atoms with Gasteiger partial charge in [-0.15, -0.1) is 11.3 Å². The van der Waals surface area contributed by atoms with E-state index in [1.165, 1.54) is 30.0 Å². The molecule has 174 valence electrons. The maximum atomic E-state index is 12.7. The summed E-state index contributed by atoms with van der Waals surface area (Å²) >= 11 is 2.80. The number of rotatable bonds is 11. The fourth-order valence-electron chi connectivity index (χ4n) is 3.03. The molecule has 1 aromatic carbocycles. The van der Waals surface area contributed by atoms with Gasteiger partial charge >= 0.3 is 0 Å². The van der Waals surface area contributed by atoms with Gasteiger partial charge in [-0.05, 0) is 36.1 Å². The number of carbonyl (C=O) groups is 3. The molecule has 0 atom stereocenters. The minimum Gasteiger partial charge on any atom is -0.342 e. The first-order valence-electron chi connectivity index (χ1n) is 10.6. The van der Waals surface area contributed by atoms with Crippen LogP contribution in [0.2, 0.25) is 0 Å². The number of nitrogens with one attached hydrogen (secondary N) is 2. The molecule has 0 bridgehead atoms. The fourth-order valence-corrected chi connectivity index (χ4v) is 4.67. The Morgan fingerprint density at radius 1 is 1.00 bits per heavy atom. The van der Waals surface area contributed by atoms with E-state index >= 15 is 0 Å². The quantitative estimate of drug-likeness (QED) is 0.466. The van der Waals surface area contributed by atoms with Gasteiger partial charge in [0.25, 0.3) is 0 Å². The highest BCUT2D eigenvalue weighted by molar-refractivity contribution is 8.01. The minimum absolute atomic E-state index is 0.0923. The van der Waals surface area contributed by atoms with Gasteiger partial charge in [-0.3, -0.25) is 14.4 Å². The third-order valence-electron chi connectivity index (χ3n) is 4.20. The van der Waals surface area contributed by atoms with Crippen LogP contribution < -0.4 is 10.6 Å². The summed E-state index contributed by atoms with van der Waals surface area (Å²) in [6, 6.07) is 6.94. The highest BCUT2D eigenvalue weighted by Gasteiger charge is 2.18. The molecule has 1 heterocycles. The summed E-state index contributed by atoms with van der Waals surface area (Å²) in [5, 5.41) is 7.40. The van der Waals surface area contributed by atoms with Crippen molar-refractivity contribution < 1.29 is 14.4 Å². The zero-order valence-corrected chi connectivity index (χ0v) is 20.9. The maximum Gasteiger partial charge on any atom is 0.234 e. The number of benzene rings is 1. The highest BCUT2D eigenvalue weighted by Crippen LogP contribution is 2.24. The molecular formula is C23H32N4O3S2. The van der Waals surface area contributed by atoms with Crippen molar-refractivity contribution in [3.63, 3.8) is 0 Å². The van der Waals surface area contributed by atoms with Gasteiger partial charge in [0.15, 0.2) is 4.34 Å². The first-order valence-corrected chi connectivity index (χ1v) is 12.5. The van der Waals surface area contributed by atoms with E-state index in [0.717, 1.165) is 23.1 Å². The zero-order chi connectivity index (χ0) is 23.7. The number of thioether (sulfide) groups is 1. The van der Waals surface area contributed by atoms with Gasteiger partial charge in [0, 0.05) is 36.8 Å². The van der Waals surface area contributed by atoms with Crippen LogP contribution in [0.3, 0.4) is 0 Å². The summed E-state index contributed by atoms with van der Waals surface area (Å²) in [6.07, 6.45) is 0.281. The number of nitrogens with zero attached hydrogens (tertiary/aromatic N) is 2. The van der Waals surface area contributed by atoms with Crippen LogP contribution in [0.4, 0.5) is 11.4 Å². The molecule has 0 saturated heterocycles. The van der Waals surface area contributed by atoms with E-state index in [2.05, 4.69) is 43.3 Å². The van der Waals surface area contributed by atoms with E-state index in [1.807, 2.05) is 10.3 Å². The van der Waals surface area contributed by atoms with Crippen molar-refractivity contribution in [2.45, 2.75) is 45.4 Å². The highest BCUT2D eigenvalue weighted by atomic mass is 32.2. The maximum absolute atomic E-state index is 12.7. The van der Waals surface area contributed by atoms with Crippen LogP contribution in [-0.4, -0.2) is 46.4 Å². The molecule has 0 saturated carbocycles. The van der Waals surface area contributed by atoms with Crippen LogP contribution in [-0.2, 0) is 20.8 Å². The molecule has 0 radical (unpaired) electrons. The number of aromatic nitrogens is 1. The molecule has 0 fully saturated rings. The summed E-state index contributed by atoms with van der Waals surface area (Å²) in [5.41, 5.74) is 2.08. The lowest BCUT2D eigenvalue weighted by Gasteiger charge is -2.26. The monoisotopic (exact) mass is 476 g/mol. The molecule has 7 nitrogen and oxygen atoms in total. The van der Waals surface area contributed by atoms with Crippen LogP contribution in [0.25, 0.3) is 0 Å². The van der Waals surface area contributed by atoms with E-state index in [4.69, 9.17) is 0 Å². The van der Waals surface area contributed by atoms with Crippen molar-refractivity contribution in [2.24, 2.45) is 11.8 Å². The predicted molar refractivity (Wildman–Crippen MR) is 132 cm³/mol. The van der Waals surface area contributed by atoms with Gasteiger partial charge in [0.05, 0.1) is 17.9 Å². The number of hydrogen-bond donors (Lipinski definition) is 2. The molecular weight excluding hydrogens is 444 g/mol. The first kappa shape index (κ1) is 25.9. The molecule has 2 aromatic rings. The Balaban J connectivity index is 1.84. The number of anilines is 2. The van der Waals surface area contributed by atoms with Crippen molar-refractivity contribution in [3.05, 3.63) is 35.3 Å². The molecule has 9 heteroatoms. The minimum atomic E-state index is -0.143. The van der Waals surface area contributed by atoms with E-state index in [-0.39, 0.29) is 29.9 Å².